The summed E-state index contributed by atoms with van der Waals surface area (Å²) >= 11 is 1.98. The monoisotopic (exact) mass is 172 g/mol. The Bertz CT molecular complexity index is 145. The van der Waals surface area contributed by atoms with Gasteiger partial charge < -0.3 is 5.43 Å². The van der Waals surface area contributed by atoms with E-state index < -0.39 is 0 Å². The lowest BCUT2D eigenvalue weighted by molar-refractivity contribution is 0.706. The molecule has 1 saturated heterocycles. The third-order valence-electron chi connectivity index (χ3n) is 1.77. The first-order chi connectivity index (χ1) is 5.34. The Kier molecular flexibility index (Phi) is 3.77. The van der Waals surface area contributed by atoms with E-state index in [1.54, 1.807) is 0 Å². The van der Waals surface area contributed by atoms with Crippen LogP contribution < -0.4 is 5.43 Å². The van der Waals surface area contributed by atoms with Crippen LogP contribution in [-0.4, -0.2) is 23.8 Å². The molecule has 1 unspecified atom stereocenters. The highest BCUT2D eigenvalue weighted by atomic mass is 32.2. The second kappa shape index (κ2) is 4.65. The predicted molar refractivity (Wildman–Crippen MR) is 52.2 cm³/mol. The molecule has 0 aliphatic carbocycles. The van der Waals surface area contributed by atoms with Gasteiger partial charge in [0.05, 0.1) is 5.71 Å². The zero-order valence-electron chi connectivity index (χ0n) is 7.26. The van der Waals surface area contributed by atoms with Gasteiger partial charge in [0.25, 0.3) is 0 Å². The molecule has 0 saturated carbocycles. The van der Waals surface area contributed by atoms with Gasteiger partial charge in [0.15, 0.2) is 0 Å². The third-order valence-corrected chi connectivity index (χ3v) is 3.01. The van der Waals surface area contributed by atoms with Crippen molar-refractivity contribution < 1.29 is 0 Å². The second-order valence-corrected chi connectivity index (χ2v) is 3.96. The van der Waals surface area contributed by atoms with Crippen molar-refractivity contribution in [2.75, 3.05) is 18.1 Å². The highest BCUT2D eigenvalue weighted by Gasteiger charge is 2.17. The highest BCUT2D eigenvalue weighted by molar-refractivity contribution is 8.00. The highest BCUT2D eigenvalue weighted by Crippen LogP contribution is 2.20. The maximum Gasteiger partial charge on any atom is 0.0513 e. The third kappa shape index (κ3) is 2.73. The lowest BCUT2D eigenvalue weighted by Crippen LogP contribution is -2.15. The molecule has 0 aromatic rings. The topological polar surface area (TPSA) is 24.4 Å². The van der Waals surface area contributed by atoms with E-state index in [0.717, 1.165) is 18.7 Å². The van der Waals surface area contributed by atoms with E-state index in [0.29, 0.717) is 5.92 Å². The second-order valence-electron chi connectivity index (χ2n) is 2.93. The lowest BCUT2D eigenvalue weighted by Gasteiger charge is -2.02. The van der Waals surface area contributed by atoms with Crippen LogP contribution in [0.15, 0.2) is 5.10 Å². The van der Waals surface area contributed by atoms with Gasteiger partial charge in [-0.05, 0) is 6.42 Å². The fraction of sp³-hybridized carbons (Fsp3) is 0.875. The van der Waals surface area contributed by atoms with E-state index >= 15 is 0 Å². The number of hydrogen-bond acceptors (Lipinski definition) is 3. The van der Waals surface area contributed by atoms with E-state index in [-0.39, 0.29) is 0 Å². The molecule has 1 fully saturated rings. The van der Waals surface area contributed by atoms with Crippen LogP contribution in [0.1, 0.15) is 20.3 Å². The van der Waals surface area contributed by atoms with Crippen LogP contribution in [0.4, 0.5) is 0 Å². The Balaban J connectivity index is 2.27. The molecule has 0 radical (unpaired) electrons. The molecule has 0 aromatic carbocycles. The summed E-state index contributed by atoms with van der Waals surface area (Å²) in [5.41, 5.74) is 4.42. The first-order valence-electron chi connectivity index (χ1n) is 4.21. The average molecular weight is 172 g/mol. The minimum absolute atomic E-state index is 0.685. The molecule has 0 spiro atoms. The summed E-state index contributed by atoms with van der Waals surface area (Å²) in [5, 5.41) is 4.34. The van der Waals surface area contributed by atoms with Crippen LogP contribution in [0.5, 0.6) is 0 Å². The number of nitrogens with one attached hydrogen (secondary N) is 1. The van der Waals surface area contributed by atoms with Crippen LogP contribution in [0.25, 0.3) is 0 Å². The molecule has 1 aliphatic heterocycles. The molecule has 2 nitrogen and oxygen atoms in total. The van der Waals surface area contributed by atoms with Crippen LogP contribution in [0.2, 0.25) is 0 Å². The first kappa shape index (κ1) is 8.91. The van der Waals surface area contributed by atoms with Gasteiger partial charge in [0.1, 0.15) is 0 Å². The zero-order chi connectivity index (χ0) is 8.10. The van der Waals surface area contributed by atoms with Crippen molar-refractivity contribution in [3.63, 3.8) is 0 Å². The normalized spacial score (nSPS) is 27.8. The van der Waals surface area contributed by atoms with Crippen LogP contribution in [0.3, 0.4) is 0 Å². The molecule has 1 N–H and O–H groups in total. The van der Waals surface area contributed by atoms with E-state index in [4.69, 9.17) is 0 Å². The zero-order valence-corrected chi connectivity index (χ0v) is 8.08. The summed E-state index contributed by atoms with van der Waals surface area (Å²) in [7, 11) is 0. The number of thioether (sulfide) groups is 1. The molecule has 0 amide bonds. The summed E-state index contributed by atoms with van der Waals surface area (Å²) in [6, 6.07) is 0. The molecular formula is C8H16N2S. The van der Waals surface area contributed by atoms with Crippen LogP contribution in [-0.2, 0) is 0 Å². The lowest BCUT2D eigenvalue weighted by atomic mass is 10.1. The Morgan fingerprint density at radius 2 is 2.55 bits per heavy atom. The molecule has 0 bridgehead atoms. The summed E-state index contributed by atoms with van der Waals surface area (Å²) in [6.07, 6.45) is 1.15. The quantitative estimate of drug-likeness (QED) is 0.518. The standard InChI is InChI=1S/C8H16N2S/c1-3-4-9-10-8-6-11-5-7(8)2/h7,9H,3-6H2,1-2H3/b10-8-. The average Bonchev–Trinajstić information content (AvgIpc) is 2.37. The Labute approximate surface area is 72.8 Å². The number of hydrazone groups is 1. The summed E-state index contributed by atoms with van der Waals surface area (Å²) in [4.78, 5) is 0. The van der Waals surface area contributed by atoms with Crippen molar-refractivity contribution >= 4 is 17.5 Å². The van der Waals surface area contributed by atoms with Gasteiger partial charge in [0.2, 0.25) is 0 Å². The molecule has 64 valence electrons. The van der Waals surface area contributed by atoms with Gasteiger partial charge in [-0.3, -0.25) is 0 Å². The minimum atomic E-state index is 0.685. The maximum atomic E-state index is 4.34. The predicted octanol–water partition coefficient (Wildman–Crippen LogP) is 1.72. The van der Waals surface area contributed by atoms with Gasteiger partial charge in [-0.15, -0.1) is 0 Å². The number of hydrogen-bond donors (Lipinski definition) is 1. The molecule has 1 heterocycles. The molecule has 3 heteroatoms. The molecule has 11 heavy (non-hydrogen) atoms. The van der Waals surface area contributed by atoms with Crippen molar-refractivity contribution in [3.05, 3.63) is 0 Å². The van der Waals surface area contributed by atoms with Crippen LogP contribution >= 0.6 is 11.8 Å². The van der Waals surface area contributed by atoms with E-state index in [1.807, 2.05) is 11.8 Å². The molecule has 1 aliphatic rings. The number of nitrogens with zero attached hydrogens (tertiary/aromatic N) is 1. The molecule has 0 aromatic heterocycles. The first-order valence-corrected chi connectivity index (χ1v) is 5.37. The van der Waals surface area contributed by atoms with Gasteiger partial charge in [-0.2, -0.15) is 16.9 Å². The largest absolute Gasteiger partial charge is 0.310 e. The van der Waals surface area contributed by atoms with Crippen molar-refractivity contribution in [3.8, 4) is 0 Å². The fourth-order valence-electron chi connectivity index (χ4n) is 0.990. The molecule has 1 rings (SSSR count). The van der Waals surface area contributed by atoms with Gasteiger partial charge in [0, 0.05) is 24.0 Å². The van der Waals surface area contributed by atoms with Gasteiger partial charge in [-0.25, -0.2) is 0 Å². The van der Waals surface area contributed by atoms with Gasteiger partial charge in [-0.1, -0.05) is 13.8 Å². The van der Waals surface area contributed by atoms with Crippen molar-refractivity contribution in [1.29, 1.82) is 0 Å². The summed E-state index contributed by atoms with van der Waals surface area (Å²) in [5.74, 6) is 3.05. The Hall–Kier alpha value is -0.180. The summed E-state index contributed by atoms with van der Waals surface area (Å²) < 4.78 is 0. The SMILES string of the molecule is CCCN/N=C1/CSCC1C. The van der Waals surface area contributed by atoms with Gasteiger partial charge >= 0.3 is 0 Å². The Morgan fingerprint density at radius 3 is 3.09 bits per heavy atom. The summed E-state index contributed by atoms with van der Waals surface area (Å²) in [6.45, 7) is 5.40. The minimum Gasteiger partial charge on any atom is -0.310 e. The van der Waals surface area contributed by atoms with Crippen molar-refractivity contribution in [1.82, 2.24) is 5.43 Å². The number of rotatable bonds is 3. The Morgan fingerprint density at radius 1 is 1.73 bits per heavy atom. The fourth-order valence-corrected chi connectivity index (χ4v) is 2.21. The van der Waals surface area contributed by atoms with Crippen LogP contribution in [0, 0.1) is 5.92 Å². The molecular weight excluding hydrogens is 156 g/mol. The van der Waals surface area contributed by atoms with Crippen molar-refractivity contribution in [2.24, 2.45) is 11.0 Å². The van der Waals surface area contributed by atoms with E-state index in [1.165, 1.54) is 11.5 Å². The smallest absolute Gasteiger partial charge is 0.0513 e. The molecule has 1 atom stereocenters. The van der Waals surface area contributed by atoms with E-state index in [2.05, 4.69) is 24.4 Å². The van der Waals surface area contributed by atoms with Crippen molar-refractivity contribution in [2.45, 2.75) is 20.3 Å². The maximum absolute atomic E-state index is 4.34. The van der Waals surface area contributed by atoms with E-state index in [9.17, 15) is 0 Å².